The molecule has 3 N–H and O–H groups in total. The van der Waals surface area contributed by atoms with Crippen molar-refractivity contribution in [2.45, 2.75) is 12.5 Å². The molecule has 0 aliphatic carbocycles. The van der Waals surface area contributed by atoms with Crippen molar-refractivity contribution in [2.75, 3.05) is 32.9 Å². The first kappa shape index (κ1) is 12.3. The van der Waals surface area contributed by atoms with E-state index >= 15 is 0 Å². The van der Waals surface area contributed by atoms with Crippen LogP contribution >= 0.6 is 0 Å². The lowest BCUT2D eigenvalue weighted by atomic mass is 10.1. The SMILES string of the molecule is C[N+](C)(c1nc(N)nc2ccccc12)C1CCNC1. The second kappa shape index (κ2) is 4.43. The highest BCUT2D eigenvalue weighted by Crippen LogP contribution is 2.30. The molecule has 1 unspecified atom stereocenters. The second-order valence-corrected chi connectivity index (χ2v) is 5.61. The van der Waals surface area contributed by atoms with Crippen molar-refractivity contribution in [3.05, 3.63) is 24.3 Å². The number of benzene rings is 1. The van der Waals surface area contributed by atoms with Gasteiger partial charge in [-0.1, -0.05) is 12.1 Å². The van der Waals surface area contributed by atoms with Gasteiger partial charge in [0.2, 0.25) is 11.8 Å². The highest BCUT2D eigenvalue weighted by molar-refractivity contribution is 5.89. The summed E-state index contributed by atoms with van der Waals surface area (Å²) in [5.41, 5.74) is 6.79. The maximum absolute atomic E-state index is 5.87. The molecule has 0 amide bonds. The molecule has 1 saturated heterocycles. The number of fused-ring (bicyclic) bond motifs is 1. The predicted molar refractivity (Wildman–Crippen MR) is 78.9 cm³/mol. The molecule has 1 aliphatic rings. The lowest BCUT2D eigenvalue weighted by Crippen LogP contribution is -2.51. The van der Waals surface area contributed by atoms with Crippen LogP contribution in [-0.4, -0.2) is 43.2 Å². The van der Waals surface area contributed by atoms with Crippen LogP contribution in [-0.2, 0) is 0 Å². The Labute approximate surface area is 113 Å². The van der Waals surface area contributed by atoms with Crippen molar-refractivity contribution in [1.82, 2.24) is 19.8 Å². The van der Waals surface area contributed by atoms with Crippen molar-refractivity contribution in [3.8, 4) is 0 Å². The number of rotatable bonds is 2. The molecule has 0 radical (unpaired) electrons. The first-order valence-electron chi connectivity index (χ1n) is 6.66. The Morgan fingerprint density at radius 2 is 2.05 bits per heavy atom. The predicted octanol–water partition coefficient (Wildman–Crippen LogP) is 1.14. The maximum Gasteiger partial charge on any atom is 0.240 e. The molecule has 1 aromatic carbocycles. The molecule has 5 heteroatoms. The molecule has 100 valence electrons. The van der Waals surface area contributed by atoms with Crippen molar-refractivity contribution >= 4 is 22.7 Å². The number of nitrogen functional groups attached to an aromatic ring is 1. The van der Waals surface area contributed by atoms with Gasteiger partial charge in [0.15, 0.2) is 0 Å². The van der Waals surface area contributed by atoms with E-state index in [9.17, 15) is 0 Å². The van der Waals surface area contributed by atoms with Crippen molar-refractivity contribution in [2.24, 2.45) is 0 Å². The normalized spacial score (nSPS) is 20.0. The Bertz CT molecular complexity index is 602. The number of quaternary nitrogens is 1. The van der Waals surface area contributed by atoms with E-state index in [1.54, 1.807) is 0 Å². The van der Waals surface area contributed by atoms with E-state index in [4.69, 9.17) is 5.73 Å². The number of hydrogen-bond acceptors (Lipinski definition) is 4. The molecule has 1 aliphatic heterocycles. The largest absolute Gasteiger partial charge is 0.368 e. The fourth-order valence-electron chi connectivity index (χ4n) is 2.88. The molecule has 0 bridgehead atoms. The molecule has 5 nitrogen and oxygen atoms in total. The van der Waals surface area contributed by atoms with Crippen molar-refractivity contribution in [1.29, 1.82) is 0 Å². The van der Waals surface area contributed by atoms with Crippen LogP contribution in [0.2, 0.25) is 0 Å². The number of hydrogen-bond donors (Lipinski definition) is 2. The van der Waals surface area contributed by atoms with Crippen LogP contribution < -0.4 is 15.5 Å². The van der Waals surface area contributed by atoms with Gasteiger partial charge in [-0.2, -0.15) is 4.98 Å². The minimum absolute atomic E-state index is 0.353. The Morgan fingerprint density at radius 1 is 1.26 bits per heavy atom. The van der Waals surface area contributed by atoms with Gasteiger partial charge in [0.05, 0.1) is 25.0 Å². The van der Waals surface area contributed by atoms with E-state index in [0.717, 1.165) is 40.7 Å². The third-order valence-electron chi connectivity index (χ3n) is 4.09. The highest BCUT2D eigenvalue weighted by Gasteiger charge is 2.36. The van der Waals surface area contributed by atoms with E-state index < -0.39 is 0 Å². The summed E-state index contributed by atoms with van der Waals surface area (Å²) < 4.78 is 0.736. The molecule has 1 fully saturated rings. The molecule has 0 spiro atoms. The van der Waals surface area contributed by atoms with Gasteiger partial charge in [-0.3, -0.25) is 4.48 Å². The smallest absolute Gasteiger partial charge is 0.240 e. The lowest BCUT2D eigenvalue weighted by molar-refractivity contribution is 0.304. The molecule has 1 aromatic heterocycles. The summed E-state index contributed by atoms with van der Waals surface area (Å²) in [6.07, 6.45) is 1.16. The number of likely N-dealkylation sites (N-methyl/N-ethyl adjacent to an activating group) is 1. The summed E-state index contributed by atoms with van der Waals surface area (Å²) in [5.74, 6) is 1.36. The fraction of sp³-hybridized carbons (Fsp3) is 0.429. The van der Waals surface area contributed by atoms with Gasteiger partial charge in [0.1, 0.15) is 6.04 Å². The quantitative estimate of drug-likeness (QED) is 0.793. The number of anilines is 1. The minimum atomic E-state index is 0.353. The van der Waals surface area contributed by atoms with Crippen molar-refractivity contribution in [3.63, 3.8) is 0 Å². The number of aromatic nitrogens is 2. The number of nitrogens with zero attached hydrogens (tertiary/aromatic N) is 3. The Morgan fingerprint density at radius 3 is 2.79 bits per heavy atom. The monoisotopic (exact) mass is 258 g/mol. The van der Waals surface area contributed by atoms with Crippen LogP contribution in [0.1, 0.15) is 6.42 Å². The van der Waals surface area contributed by atoms with Gasteiger partial charge in [-0.05, 0) is 12.1 Å². The third-order valence-corrected chi connectivity index (χ3v) is 4.09. The van der Waals surface area contributed by atoms with E-state index in [2.05, 4.69) is 35.4 Å². The average Bonchev–Trinajstić information content (AvgIpc) is 2.92. The zero-order chi connectivity index (χ0) is 13.5. The maximum atomic E-state index is 5.87. The van der Waals surface area contributed by atoms with Crippen LogP contribution in [0.5, 0.6) is 0 Å². The van der Waals surface area contributed by atoms with E-state index in [1.165, 1.54) is 0 Å². The second-order valence-electron chi connectivity index (χ2n) is 5.61. The molecular formula is C14H20N5+. The van der Waals surface area contributed by atoms with Crippen molar-refractivity contribution < 1.29 is 0 Å². The Balaban J connectivity index is 2.18. The van der Waals surface area contributed by atoms with Gasteiger partial charge in [0.25, 0.3) is 0 Å². The zero-order valence-electron chi connectivity index (χ0n) is 11.4. The van der Waals surface area contributed by atoms with Crippen LogP contribution in [0, 0.1) is 0 Å². The molecule has 0 saturated carbocycles. The average molecular weight is 258 g/mol. The van der Waals surface area contributed by atoms with Crippen LogP contribution in [0.4, 0.5) is 11.8 Å². The topological polar surface area (TPSA) is 63.8 Å². The van der Waals surface area contributed by atoms with Gasteiger partial charge in [-0.15, -0.1) is 0 Å². The summed E-state index contributed by atoms with van der Waals surface area (Å²) in [6.45, 7) is 2.09. The summed E-state index contributed by atoms with van der Waals surface area (Å²) in [5, 5.41) is 4.51. The van der Waals surface area contributed by atoms with E-state index in [1.807, 2.05) is 18.2 Å². The summed E-state index contributed by atoms with van der Waals surface area (Å²) in [4.78, 5) is 8.85. The van der Waals surface area contributed by atoms with Gasteiger partial charge in [-0.25, -0.2) is 4.98 Å². The lowest BCUT2D eigenvalue weighted by Gasteiger charge is -2.34. The molecular weight excluding hydrogens is 238 g/mol. The highest BCUT2D eigenvalue weighted by atomic mass is 15.4. The van der Waals surface area contributed by atoms with Crippen LogP contribution in [0.15, 0.2) is 24.3 Å². The summed E-state index contributed by atoms with van der Waals surface area (Å²) in [6, 6.07) is 8.60. The first-order valence-corrected chi connectivity index (χ1v) is 6.66. The molecule has 19 heavy (non-hydrogen) atoms. The van der Waals surface area contributed by atoms with Gasteiger partial charge >= 0.3 is 0 Å². The Hall–Kier alpha value is -1.72. The van der Waals surface area contributed by atoms with E-state index in [0.29, 0.717) is 12.0 Å². The fourth-order valence-corrected chi connectivity index (χ4v) is 2.88. The Kier molecular flexibility index (Phi) is 2.88. The summed E-state index contributed by atoms with van der Waals surface area (Å²) in [7, 11) is 4.40. The molecule has 1 atom stereocenters. The van der Waals surface area contributed by atoms with Gasteiger partial charge in [0, 0.05) is 19.5 Å². The molecule has 2 heterocycles. The molecule has 3 rings (SSSR count). The zero-order valence-corrected chi connectivity index (χ0v) is 11.4. The third kappa shape index (κ3) is 2.05. The van der Waals surface area contributed by atoms with Crippen LogP contribution in [0.25, 0.3) is 10.9 Å². The summed E-state index contributed by atoms with van der Waals surface area (Å²) >= 11 is 0. The minimum Gasteiger partial charge on any atom is -0.368 e. The molecule has 2 aromatic rings. The first-order chi connectivity index (χ1) is 9.09. The number of nitrogens with one attached hydrogen (secondary N) is 1. The standard InChI is InChI=1S/C14H20N5/c1-19(2,10-7-8-16-9-10)13-11-5-3-4-6-12(11)17-14(15)18-13/h3-6,10,16H,7-9H2,1-2H3,(H2,15,17,18)/q+1. The number of nitrogens with two attached hydrogens (primary N) is 1. The van der Waals surface area contributed by atoms with Crippen LogP contribution in [0.3, 0.4) is 0 Å². The van der Waals surface area contributed by atoms with E-state index in [-0.39, 0.29) is 0 Å². The number of para-hydroxylation sites is 1. The van der Waals surface area contributed by atoms with Gasteiger partial charge < -0.3 is 11.1 Å².